The van der Waals surface area contributed by atoms with Crippen LogP contribution in [-0.4, -0.2) is 23.5 Å². The maximum absolute atomic E-state index is 9.40. The Hall–Kier alpha value is -3.59. The highest BCUT2D eigenvalue weighted by Gasteiger charge is 2.12. The summed E-state index contributed by atoms with van der Waals surface area (Å²) >= 11 is 0. The quantitative estimate of drug-likeness (QED) is 0.701. The van der Waals surface area contributed by atoms with Gasteiger partial charge in [-0.05, 0) is 29.8 Å². The lowest BCUT2D eigenvalue weighted by atomic mass is 10.2. The van der Waals surface area contributed by atoms with Crippen LogP contribution in [0.4, 0.5) is 17.3 Å². The van der Waals surface area contributed by atoms with Crippen molar-refractivity contribution < 1.29 is 4.74 Å². The number of methoxy groups -OCH3 is 1. The van der Waals surface area contributed by atoms with E-state index < -0.39 is 0 Å². The molecule has 0 saturated carbocycles. The summed E-state index contributed by atoms with van der Waals surface area (Å²) in [6, 6.07) is 19.1. The molecule has 6 nitrogen and oxygen atoms in total. The third-order valence-electron chi connectivity index (χ3n) is 3.35. The average Bonchev–Trinajstić information content (AvgIpc) is 3.03. The molecule has 0 saturated heterocycles. The van der Waals surface area contributed by atoms with E-state index in [1.165, 1.54) is 0 Å². The molecule has 0 fully saturated rings. The first kappa shape index (κ1) is 15.3. The molecule has 6 heteroatoms. The summed E-state index contributed by atoms with van der Waals surface area (Å²) in [7, 11) is 1.61. The van der Waals surface area contributed by atoms with Gasteiger partial charge in [0.2, 0.25) is 0 Å². The van der Waals surface area contributed by atoms with Crippen molar-refractivity contribution in [2.75, 3.05) is 12.4 Å². The third kappa shape index (κ3) is 3.42. The van der Waals surface area contributed by atoms with Crippen LogP contribution in [0.3, 0.4) is 0 Å². The highest BCUT2D eigenvalue weighted by Crippen LogP contribution is 2.26. The van der Waals surface area contributed by atoms with Crippen LogP contribution in [0.1, 0.15) is 11.1 Å². The molecule has 118 valence electrons. The van der Waals surface area contributed by atoms with Crippen LogP contribution in [0.5, 0.6) is 5.75 Å². The first-order valence-electron chi connectivity index (χ1n) is 7.29. The van der Waals surface area contributed by atoms with Crippen molar-refractivity contribution in [3.63, 3.8) is 0 Å². The highest BCUT2D eigenvalue weighted by molar-refractivity contribution is 5.83. The van der Waals surface area contributed by atoms with Gasteiger partial charge in [-0.2, -0.15) is 10.4 Å². The average molecular weight is 317 g/mol. The van der Waals surface area contributed by atoms with E-state index in [9.17, 15) is 5.26 Å². The van der Waals surface area contributed by atoms with E-state index in [0.29, 0.717) is 17.2 Å². The number of hydrogen-bond donors (Lipinski definition) is 2. The van der Waals surface area contributed by atoms with Crippen LogP contribution in [0.25, 0.3) is 0 Å². The van der Waals surface area contributed by atoms with Gasteiger partial charge in [-0.15, -0.1) is 0 Å². The number of aliphatic imine (C=N–C) groups is 1. The second kappa shape index (κ2) is 7.11. The van der Waals surface area contributed by atoms with Gasteiger partial charge in [0.15, 0.2) is 5.82 Å². The second-order valence-corrected chi connectivity index (χ2v) is 4.93. The van der Waals surface area contributed by atoms with E-state index in [0.717, 1.165) is 17.0 Å². The van der Waals surface area contributed by atoms with Gasteiger partial charge < -0.3 is 10.1 Å². The van der Waals surface area contributed by atoms with Crippen molar-refractivity contribution in [2.24, 2.45) is 4.99 Å². The molecule has 0 aliphatic carbocycles. The number of nitrogens with zero attached hydrogens (tertiary/aromatic N) is 3. The molecule has 0 spiro atoms. The summed E-state index contributed by atoms with van der Waals surface area (Å²) in [4.78, 5) is 4.29. The monoisotopic (exact) mass is 317 g/mol. The minimum Gasteiger partial charge on any atom is -0.497 e. The Morgan fingerprint density at radius 2 is 1.92 bits per heavy atom. The van der Waals surface area contributed by atoms with Crippen LogP contribution in [-0.2, 0) is 0 Å². The zero-order valence-electron chi connectivity index (χ0n) is 13.0. The summed E-state index contributed by atoms with van der Waals surface area (Å²) in [6.07, 6.45) is 1.67. The topological polar surface area (TPSA) is 86.1 Å². The lowest BCUT2D eigenvalue weighted by Crippen LogP contribution is -1.93. The number of aromatic amines is 1. The van der Waals surface area contributed by atoms with Gasteiger partial charge in [0.1, 0.15) is 23.2 Å². The molecule has 3 rings (SSSR count). The Kier molecular flexibility index (Phi) is 4.54. The van der Waals surface area contributed by atoms with Gasteiger partial charge in [-0.1, -0.05) is 30.3 Å². The van der Waals surface area contributed by atoms with Crippen LogP contribution < -0.4 is 10.1 Å². The highest BCUT2D eigenvalue weighted by atomic mass is 16.5. The molecule has 0 bridgehead atoms. The minimum atomic E-state index is 0.345. The van der Waals surface area contributed by atoms with Crippen molar-refractivity contribution in [3.8, 4) is 11.8 Å². The first-order chi connectivity index (χ1) is 11.8. The fraction of sp³-hybridized carbons (Fsp3) is 0.0556. The number of anilines is 2. The fourth-order valence-corrected chi connectivity index (χ4v) is 2.12. The maximum atomic E-state index is 9.40. The predicted molar refractivity (Wildman–Crippen MR) is 93.3 cm³/mol. The van der Waals surface area contributed by atoms with E-state index in [2.05, 4.69) is 26.6 Å². The first-order valence-corrected chi connectivity index (χ1v) is 7.29. The standard InChI is InChI=1S/C18H15N5O/c1-24-15-9-7-14(8-10-15)21-18-16(11-19)17(22-23-18)20-12-13-5-3-2-4-6-13/h2-10,12H,1H3,(H2,21,22,23). The second-order valence-electron chi connectivity index (χ2n) is 4.93. The molecular formula is C18H15N5O. The van der Waals surface area contributed by atoms with Gasteiger partial charge in [-0.25, -0.2) is 4.99 Å². The van der Waals surface area contributed by atoms with E-state index in [1.807, 2.05) is 54.6 Å². The van der Waals surface area contributed by atoms with E-state index in [-0.39, 0.29) is 0 Å². The van der Waals surface area contributed by atoms with Crippen molar-refractivity contribution >= 4 is 23.5 Å². The lowest BCUT2D eigenvalue weighted by Gasteiger charge is -2.05. The number of H-pyrrole nitrogens is 1. The Labute approximate surface area is 139 Å². The zero-order chi connectivity index (χ0) is 16.8. The smallest absolute Gasteiger partial charge is 0.193 e. The normalized spacial score (nSPS) is 10.5. The number of ether oxygens (including phenoxy) is 1. The molecule has 3 aromatic rings. The minimum absolute atomic E-state index is 0.345. The fourth-order valence-electron chi connectivity index (χ4n) is 2.12. The molecule has 0 aliphatic heterocycles. The molecule has 2 N–H and O–H groups in total. The number of rotatable bonds is 5. The van der Waals surface area contributed by atoms with Crippen molar-refractivity contribution in [3.05, 3.63) is 65.7 Å². The van der Waals surface area contributed by atoms with Crippen molar-refractivity contribution in [2.45, 2.75) is 0 Å². The molecule has 0 aliphatic rings. The van der Waals surface area contributed by atoms with Gasteiger partial charge in [0, 0.05) is 11.9 Å². The van der Waals surface area contributed by atoms with Crippen LogP contribution >= 0.6 is 0 Å². The SMILES string of the molecule is COc1ccc(Nc2[nH]nc(N=Cc3ccccc3)c2C#N)cc1. The Morgan fingerprint density at radius 1 is 1.17 bits per heavy atom. The Balaban J connectivity index is 1.81. The van der Waals surface area contributed by atoms with E-state index >= 15 is 0 Å². The number of nitrogens with one attached hydrogen (secondary N) is 2. The molecule has 1 heterocycles. The third-order valence-corrected chi connectivity index (χ3v) is 3.35. The summed E-state index contributed by atoms with van der Waals surface area (Å²) in [5.74, 6) is 1.61. The molecule has 2 aromatic carbocycles. The van der Waals surface area contributed by atoms with Crippen LogP contribution in [0, 0.1) is 11.3 Å². The summed E-state index contributed by atoms with van der Waals surface area (Å²) < 4.78 is 5.12. The Morgan fingerprint density at radius 3 is 2.58 bits per heavy atom. The Bertz CT molecular complexity index is 876. The van der Waals surface area contributed by atoms with Crippen molar-refractivity contribution in [1.82, 2.24) is 10.2 Å². The van der Waals surface area contributed by atoms with Crippen LogP contribution in [0.2, 0.25) is 0 Å². The molecule has 0 atom stereocenters. The molecule has 1 aromatic heterocycles. The molecule has 0 radical (unpaired) electrons. The molecule has 0 amide bonds. The number of nitriles is 1. The predicted octanol–water partition coefficient (Wildman–Crippen LogP) is 3.78. The number of aromatic nitrogens is 2. The maximum Gasteiger partial charge on any atom is 0.193 e. The summed E-state index contributed by atoms with van der Waals surface area (Å²) in [5, 5.41) is 19.4. The largest absolute Gasteiger partial charge is 0.497 e. The molecular weight excluding hydrogens is 302 g/mol. The van der Waals surface area contributed by atoms with Crippen LogP contribution in [0.15, 0.2) is 59.6 Å². The van der Waals surface area contributed by atoms with Crippen molar-refractivity contribution in [1.29, 1.82) is 5.26 Å². The lowest BCUT2D eigenvalue weighted by molar-refractivity contribution is 0.415. The molecule has 24 heavy (non-hydrogen) atoms. The van der Waals surface area contributed by atoms with Gasteiger partial charge in [0.25, 0.3) is 0 Å². The van der Waals surface area contributed by atoms with Gasteiger partial charge in [0.05, 0.1) is 7.11 Å². The van der Waals surface area contributed by atoms with E-state index in [1.54, 1.807) is 13.3 Å². The number of benzene rings is 2. The summed E-state index contributed by atoms with van der Waals surface area (Å²) in [5.41, 5.74) is 2.11. The number of hydrogen-bond acceptors (Lipinski definition) is 5. The zero-order valence-corrected chi connectivity index (χ0v) is 13.0. The molecule has 0 unspecified atom stereocenters. The van der Waals surface area contributed by atoms with Gasteiger partial charge >= 0.3 is 0 Å². The van der Waals surface area contributed by atoms with Gasteiger partial charge in [-0.3, -0.25) is 5.10 Å². The van der Waals surface area contributed by atoms with E-state index in [4.69, 9.17) is 4.74 Å². The summed E-state index contributed by atoms with van der Waals surface area (Å²) in [6.45, 7) is 0.